The smallest absolute Gasteiger partial charge is 0.255 e. The van der Waals surface area contributed by atoms with Crippen LogP contribution in [0.2, 0.25) is 0 Å². The first-order valence-electron chi connectivity index (χ1n) is 8.00. The van der Waals surface area contributed by atoms with Crippen molar-refractivity contribution < 1.29 is 4.79 Å². The molecule has 1 aromatic carbocycles. The fourth-order valence-corrected chi connectivity index (χ4v) is 5.60. The molecule has 0 fully saturated rings. The summed E-state index contributed by atoms with van der Waals surface area (Å²) in [5.74, 6) is 1.47. The fraction of sp³-hybridized carbons (Fsp3) is 0.294. The number of aromatic amines is 1. The van der Waals surface area contributed by atoms with Crippen molar-refractivity contribution in [3.05, 3.63) is 44.9 Å². The number of hydrogen-bond donors (Lipinski definition) is 2. The first-order chi connectivity index (χ1) is 12.5. The van der Waals surface area contributed by atoms with Gasteiger partial charge in [-0.05, 0) is 31.0 Å². The molecule has 1 aliphatic rings. The van der Waals surface area contributed by atoms with E-state index < -0.39 is 0 Å². The van der Waals surface area contributed by atoms with E-state index in [0.717, 1.165) is 32.8 Å². The molecular formula is C17H16N4O2S3. The van der Waals surface area contributed by atoms with Crippen LogP contribution in [0.3, 0.4) is 0 Å². The summed E-state index contributed by atoms with van der Waals surface area (Å²) in [4.78, 5) is 35.9. The minimum Gasteiger partial charge on any atom is -0.301 e. The number of nitrogens with one attached hydrogen (secondary N) is 2. The monoisotopic (exact) mass is 404 g/mol. The lowest BCUT2D eigenvalue weighted by molar-refractivity contribution is -0.113. The van der Waals surface area contributed by atoms with Crippen LogP contribution in [0.25, 0.3) is 10.2 Å². The summed E-state index contributed by atoms with van der Waals surface area (Å²) in [6.45, 7) is 4.06. The van der Waals surface area contributed by atoms with Gasteiger partial charge in [-0.3, -0.25) is 9.59 Å². The van der Waals surface area contributed by atoms with Gasteiger partial charge in [0.2, 0.25) is 5.91 Å². The molecular weight excluding hydrogens is 388 g/mol. The molecule has 134 valence electrons. The Bertz CT molecular complexity index is 1070. The number of rotatable bonds is 4. The number of H-pyrrole nitrogens is 1. The molecule has 3 aromatic rings. The van der Waals surface area contributed by atoms with Crippen molar-refractivity contribution in [1.82, 2.24) is 15.0 Å². The summed E-state index contributed by atoms with van der Waals surface area (Å²) in [7, 11) is 0. The minimum absolute atomic E-state index is 0.0973. The zero-order valence-corrected chi connectivity index (χ0v) is 16.7. The van der Waals surface area contributed by atoms with Crippen molar-refractivity contribution in [2.45, 2.75) is 30.5 Å². The van der Waals surface area contributed by atoms with Crippen LogP contribution in [-0.2, 0) is 16.3 Å². The molecule has 26 heavy (non-hydrogen) atoms. The Kier molecular flexibility index (Phi) is 4.76. The predicted molar refractivity (Wildman–Crippen MR) is 108 cm³/mol. The zero-order chi connectivity index (χ0) is 18.3. The number of hydrogen-bond acceptors (Lipinski definition) is 7. The van der Waals surface area contributed by atoms with Crippen molar-refractivity contribution in [1.29, 1.82) is 0 Å². The van der Waals surface area contributed by atoms with E-state index >= 15 is 0 Å². The SMILES string of the molecule is Cc1cc(C)c2nc(NC(=O)CSc3nc4c(c(=O)[nH]3)CSC4)sc2c1. The molecule has 1 aliphatic heterocycles. The molecule has 0 aliphatic carbocycles. The fourth-order valence-electron chi connectivity index (χ4n) is 2.82. The number of aromatic nitrogens is 3. The van der Waals surface area contributed by atoms with Crippen molar-refractivity contribution in [2.24, 2.45) is 0 Å². The third-order valence-corrected chi connectivity index (χ3v) is 6.74. The van der Waals surface area contributed by atoms with E-state index in [0.29, 0.717) is 16.0 Å². The van der Waals surface area contributed by atoms with Crippen LogP contribution in [0.1, 0.15) is 22.4 Å². The average Bonchev–Trinajstić information content (AvgIpc) is 3.19. The van der Waals surface area contributed by atoms with Crippen molar-refractivity contribution in [3.63, 3.8) is 0 Å². The van der Waals surface area contributed by atoms with Gasteiger partial charge in [-0.25, -0.2) is 9.97 Å². The van der Waals surface area contributed by atoms with Crippen LogP contribution >= 0.6 is 34.9 Å². The van der Waals surface area contributed by atoms with E-state index in [2.05, 4.69) is 32.4 Å². The van der Waals surface area contributed by atoms with Gasteiger partial charge < -0.3 is 10.3 Å². The molecule has 0 unspecified atom stereocenters. The Balaban J connectivity index is 1.44. The first-order valence-corrected chi connectivity index (χ1v) is 11.0. The van der Waals surface area contributed by atoms with E-state index in [1.54, 1.807) is 11.8 Å². The third-order valence-electron chi connectivity index (χ3n) is 3.98. The van der Waals surface area contributed by atoms with E-state index in [1.165, 1.54) is 28.7 Å². The Morgan fingerprint density at radius 2 is 2.15 bits per heavy atom. The molecule has 4 rings (SSSR count). The number of nitrogens with zero attached hydrogens (tertiary/aromatic N) is 2. The van der Waals surface area contributed by atoms with Gasteiger partial charge in [0, 0.05) is 17.1 Å². The molecule has 0 atom stereocenters. The van der Waals surface area contributed by atoms with Gasteiger partial charge in [0.15, 0.2) is 10.3 Å². The van der Waals surface area contributed by atoms with E-state index in [9.17, 15) is 9.59 Å². The summed E-state index contributed by atoms with van der Waals surface area (Å²) in [5, 5.41) is 3.92. The quantitative estimate of drug-likeness (QED) is 0.511. The van der Waals surface area contributed by atoms with Crippen LogP contribution in [-0.4, -0.2) is 26.6 Å². The number of carbonyl (C=O) groups is 1. The molecule has 2 N–H and O–H groups in total. The minimum atomic E-state index is -0.166. The molecule has 1 amide bonds. The number of amides is 1. The highest BCUT2D eigenvalue weighted by Crippen LogP contribution is 2.30. The lowest BCUT2D eigenvalue weighted by Gasteiger charge is -2.03. The number of benzene rings is 1. The molecule has 9 heteroatoms. The Morgan fingerprint density at radius 3 is 3.00 bits per heavy atom. The molecule has 0 saturated carbocycles. The highest BCUT2D eigenvalue weighted by molar-refractivity contribution is 7.99. The summed E-state index contributed by atoms with van der Waals surface area (Å²) < 4.78 is 1.06. The zero-order valence-electron chi connectivity index (χ0n) is 14.2. The van der Waals surface area contributed by atoms with Gasteiger partial charge in [0.25, 0.3) is 5.56 Å². The Labute approximate surface area is 162 Å². The second kappa shape index (κ2) is 7.05. The van der Waals surface area contributed by atoms with Crippen LogP contribution in [0.15, 0.2) is 22.1 Å². The van der Waals surface area contributed by atoms with Gasteiger partial charge in [0.1, 0.15) is 0 Å². The molecule has 2 aromatic heterocycles. The van der Waals surface area contributed by atoms with Crippen molar-refractivity contribution in [2.75, 3.05) is 11.1 Å². The largest absolute Gasteiger partial charge is 0.301 e. The number of thioether (sulfide) groups is 2. The summed E-state index contributed by atoms with van der Waals surface area (Å²) >= 11 is 4.37. The van der Waals surface area contributed by atoms with Crippen molar-refractivity contribution in [3.8, 4) is 0 Å². The summed E-state index contributed by atoms with van der Waals surface area (Å²) in [6.07, 6.45) is 0. The molecule has 6 nitrogen and oxygen atoms in total. The van der Waals surface area contributed by atoms with E-state index in [4.69, 9.17) is 0 Å². The molecule has 0 saturated heterocycles. The van der Waals surface area contributed by atoms with Crippen LogP contribution in [0.5, 0.6) is 0 Å². The normalized spacial score (nSPS) is 13.2. The molecule has 3 heterocycles. The lowest BCUT2D eigenvalue weighted by atomic mass is 10.1. The lowest BCUT2D eigenvalue weighted by Crippen LogP contribution is -2.17. The summed E-state index contributed by atoms with van der Waals surface area (Å²) in [6, 6.07) is 4.15. The van der Waals surface area contributed by atoms with Gasteiger partial charge in [0.05, 0.1) is 21.7 Å². The maximum atomic E-state index is 12.2. The van der Waals surface area contributed by atoms with Crippen LogP contribution < -0.4 is 10.9 Å². The summed E-state index contributed by atoms with van der Waals surface area (Å²) in [5.41, 5.74) is 4.69. The second-order valence-corrected chi connectivity index (χ2v) is 9.05. The van der Waals surface area contributed by atoms with Crippen molar-refractivity contribution >= 4 is 56.1 Å². The topological polar surface area (TPSA) is 87.7 Å². The average molecular weight is 405 g/mol. The van der Waals surface area contributed by atoms with Gasteiger partial charge in [-0.1, -0.05) is 29.2 Å². The third kappa shape index (κ3) is 3.51. The molecule has 0 radical (unpaired) electrons. The van der Waals surface area contributed by atoms with Crippen LogP contribution in [0, 0.1) is 13.8 Å². The maximum Gasteiger partial charge on any atom is 0.255 e. The number of fused-ring (bicyclic) bond motifs is 2. The first kappa shape index (κ1) is 17.6. The van der Waals surface area contributed by atoms with Crippen LogP contribution in [0.4, 0.5) is 5.13 Å². The Hall–Kier alpha value is -1.84. The number of anilines is 1. The van der Waals surface area contributed by atoms with Gasteiger partial charge >= 0.3 is 0 Å². The Morgan fingerprint density at radius 1 is 1.31 bits per heavy atom. The number of carbonyl (C=O) groups excluding carboxylic acids is 1. The van der Waals surface area contributed by atoms with E-state index in [-0.39, 0.29) is 17.2 Å². The number of thiazole rings is 1. The highest BCUT2D eigenvalue weighted by Gasteiger charge is 2.18. The number of aryl methyl sites for hydroxylation is 2. The molecule has 0 bridgehead atoms. The second-order valence-electron chi connectivity index (χ2n) is 6.07. The highest BCUT2D eigenvalue weighted by atomic mass is 32.2. The van der Waals surface area contributed by atoms with E-state index in [1.807, 2.05) is 13.8 Å². The predicted octanol–water partition coefficient (Wildman–Crippen LogP) is 3.47. The van der Waals surface area contributed by atoms with Gasteiger partial charge in [-0.15, -0.1) is 0 Å². The van der Waals surface area contributed by atoms with Gasteiger partial charge in [-0.2, -0.15) is 11.8 Å². The molecule has 0 spiro atoms. The maximum absolute atomic E-state index is 12.2. The standard InChI is InChI=1S/C17H16N4O2S3/c1-8-3-9(2)14-12(4-8)26-17(20-14)19-13(22)7-25-16-18-11-6-24-5-10(11)15(23)21-16/h3-4H,5-7H2,1-2H3,(H,18,21,23)(H,19,20,22).